The number of allylic oxidation sites excluding steroid dienone is 2. The second-order valence-corrected chi connectivity index (χ2v) is 6.97. The van der Waals surface area contributed by atoms with Gasteiger partial charge in [0.1, 0.15) is 0 Å². The minimum atomic E-state index is 0.207. The minimum Gasteiger partial charge on any atom is -0.333 e. The van der Waals surface area contributed by atoms with Crippen molar-refractivity contribution < 1.29 is 9.69 Å². The SMILES string of the molecule is O=C(c1ccccc1)N(CC[NH+]1CCCC1)C[C@@H]1CC=CCC1. The summed E-state index contributed by atoms with van der Waals surface area (Å²) < 4.78 is 0. The second kappa shape index (κ2) is 8.30. The predicted molar refractivity (Wildman–Crippen MR) is 93.6 cm³/mol. The number of amides is 1. The number of nitrogens with zero attached hydrogens (tertiary/aromatic N) is 1. The summed E-state index contributed by atoms with van der Waals surface area (Å²) in [5.41, 5.74) is 0.829. The molecule has 1 saturated heterocycles. The number of hydrogen-bond donors (Lipinski definition) is 1. The Morgan fingerprint density at radius 3 is 2.61 bits per heavy atom. The quantitative estimate of drug-likeness (QED) is 0.800. The van der Waals surface area contributed by atoms with Crippen LogP contribution in [0.25, 0.3) is 0 Å². The van der Waals surface area contributed by atoms with Gasteiger partial charge in [0.2, 0.25) is 0 Å². The van der Waals surface area contributed by atoms with Crippen LogP contribution in [-0.4, -0.2) is 43.5 Å². The highest BCUT2D eigenvalue weighted by Gasteiger charge is 2.23. The third-order valence-corrected chi connectivity index (χ3v) is 5.21. The summed E-state index contributed by atoms with van der Waals surface area (Å²) in [6.45, 7) is 5.45. The molecule has 0 saturated carbocycles. The summed E-state index contributed by atoms with van der Waals surface area (Å²) in [7, 11) is 0. The molecule has 1 fully saturated rings. The molecule has 3 heteroatoms. The zero-order valence-corrected chi connectivity index (χ0v) is 14.0. The van der Waals surface area contributed by atoms with Gasteiger partial charge in [0.05, 0.1) is 26.2 Å². The van der Waals surface area contributed by atoms with Crippen LogP contribution in [0.3, 0.4) is 0 Å². The molecule has 1 aliphatic carbocycles. The van der Waals surface area contributed by atoms with Crippen LogP contribution in [0.1, 0.15) is 42.5 Å². The Bertz CT molecular complexity index is 520. The Balaban J connectivity index is 1.64. The van der Waals surface area contributed by atoms with Crippen molar-refractivity contribution in [1.82, 2.24) is 4.90 Å². The number of benzene rings is 1. The number of carbonyl (C=O) groups is 1. The lowest BCUT2D eigenvalue weighted by molar-refractivity contribution is -0.886. The molecule has 1 atom stereocenters. The number of rotatable bonds is 6. The van der Waals surface area contributed by atoms with Gasteiger partial charge in [-0.25, -0.2) is 0 Å². The van der Waals surface area contributed by atoms with Crippen LogP contribution in [0, 0.1) is 5.92 Å². The van der Waals surface area contributed by atoms with Gasteiger partial charge in [-0.15, -0.1) is 0 Å². The molecule has 2 aliphatic rings. The van der Waals surface area contributed by atoms with Crippen molar-refractivity contribution >= 4 is 5.91 Å². The molecule has 3 nitrogen and oxygen atoms in total. The standard InChI is InChI=1S/C20H28N2O/c23-20(19-11-5-2-6-12-19)22(16-15-21-13-7-8-14-21)17-18-9-3-1-4-10-18/h1-3,5-6,11-12,18H,4,7-10,13-17H2/p+1/t18-/m1/s1. The second-order valence-electron chi connectivity index (χ2n) is 6.97. The lowest BCUT2D eigenvalue weighted by Crippen LogP contribution is -3.10. The minimum absolute atomic E-state index is 0.207. The van der Waals surface area contributed by atoms with Crippen LogP contribution in [0.15, 0.2) is 42.5 Å². The third-order valence-electron chi connectivity index (χ3n) is 5.21. The predicted octanol–water partition coefficient (Wildman–Crippen LogP) is 2.16. The van der Waals surface area contributed by atoms with Gasteiger partial charge in [0.25, 0.3) is 5.91 Å². The van der Waals surface area contributed by atoms with Crippen LogP contribution in [0.4, 0.5) is 0 Å². The summed E-state index contributed by atoms with van der Waals surface area (Å²) in [5.74, 6) is 0.833. The first-order chi connectivity index (χ1) is 11.3. The molecule has 1 aliphatic heterocycles. The van der Waals surface area contributed by atoms with Gasteiger partial charge >= 0.3 is 0 Å². The van der Waals surface area contributed by atoms with Crippen molar-refractivity contribution in [2.45, 2.75) is 32.1 Å². The number of nitrogens with one attached hydrogen (secondary N) is 1. The van der Waals surface area contributed by atoms with Crippen molar-refractivity contribution in [2.75, 3.05) is 32.7 Å². The zero-order chi connectivity index (χ0) is 15.9. The molecule has 0 spiro atoms. The van der Waals surface area contributed by atoms with Crippen molar-refractivity contribution in [1.29, 1.82) is 0 Å². The molecule has 124 valence electrons. The molecule has 1 amide bonds. The van der Waals surface area contributed by atoms with Crippen LogP contribution in [0.5, 0.6) is 0 Å². The largest absolute Gasteiger partial charge is 0.333 e. The molecule has 0 bridgehead atoms. The van der Waals surface area contributed by atoms with E-state index in [2.05, 4.69) is 17.1 Å². The van der Waals surface area contributed by atoms with E-state index in [-0.39, 0.29) is 5.91 Å². The Morgan fingerprint density at radius 2 is 1.91 bits per heavy atom. The van der Waals surface area contributed by atoms with E-state index in [0.717, 1.165) is 38.0 Å². The summed E-state index contributed by atoms with van der Waals surface area (Å²) >= 11 is 0. The van der Waals surface area contributed by atoms with Gasteiger partial charge in [-0.2, -0.15) is 0 Å². The van der Waals surface area contributed by atoms with E-state index in [1.807, 2.05) is 30.3 Å². The normalized spacial score (nSPS) is 21.5. The summed E-state index contributed by atoms with van der Waals surface area (Å²) in [6.07, 6.45) is 10.7. The molecular formula is C20H29N2O+. The van der Waals surface area contributed by atoms with E-state index in [9.17, 15) is 4.79 Å². The Morgan fingerprint density at radius 1 is 1.13 bits per heavy atom. The lowest BCUT2D eigenvalue weighted by Gasteiger charge is -2.29. The Labute approximate surface area is 140 Å². The zero-order valence-electron chi connectivity index (χ0n) is 14.0. The van der Waals surface area contributed by atoms with Crippen LogP contribution in [0.2, 0.25) is 0 Å². The van der Waals surface area contributed by atoms with Crippen molar-refractivity contribution in [3.05, 3.63) is 48.0 Å². The van der Waals surface area contributed by atoms with E-state index >= 15 is 0 Å². The average molecular weight is 313 g/mol. The van der Waals surface area contributed by atoms with Gasteiger partial charge in [-0.3, -0.25) is 4.79 Å². The fourth-order valence-corrected chi connectivity index (χ4v) is 3.79. The van der Waals surface area contributed by atoms with E-state index in [1.165, 1.54) is 32.4 Å². The monoisotopic (exact) mass is 313 g/mol. The summed E-state index contributed by atoms with van der Waals surface area (Å²) in [4.78, 5) is 16.7. The average Bonchev–Trinajstić information content (AvgIpc) is 3.13. The fraction of sp³-hybridized carbons (Fsp3) is 0.550. The van der Waals surface area contributed by atoms with Crippen molar-refractivity contribution in [3.63, 3.8) is 0 Å². The first-order valence-corrected chi connectivity index (χ1v) is 9.16. The number of quaternary nitrogens is 1. The maximum absolute atomic E-state index is 12.9. The molecular weight excluding hydrogens is 284 g/mol. The molecule has 3 rings (SSSR count). The van der Waals surface area contributed by atoms with E-state index in [4.69, 9.17) is 0 Å². The van der Waals surface area contributed by atoms with E-state index in [0.29, 0.717) is 5.92 Å². The first kappa shape index (κ1) is 16.3. The molecule has 1 heterocycles. The molecule has 1 N–H and O–H groups in total. The molecule has 1 aromatic carbocycles. The molecule has 0 radical (unpaired) electrons. The van der Waals surface area contributed by atoms with Crippen molar-refractivity contribution in [2.24, 2.45) is 5.92 Å². The van der Waals surface area contributed by atoms with Gasteiger partial charge in [0, 0.05) is 24.9 Å². The Kier molecular flexibility index (Phi) is 5.87. The fourth-order valence-electron chi connectivity index (χ4n) is 3.79. The lowest BCUT2D eigenvalue weighted by atomic mass is 9.93. The van der Waals surface area contributed by atoms with Gasteiger partial charge in [-0.1, -0.05) is 30.4 Å². The van der Waals surface area contributed by atoms with Crippen LogP contribution >= 0.6 is 0 Å². The number of hydrogen-bond acceptors (Lipinski definition) is 1. The smallest absolute Gasteiger partial charge is 0.254 e. The Hall–Kier alpha value is -1.61. The van der Waals surface area contributed by atoms with Gasteiger partial charge < -0.3 is 9.80 Å². The molecule has 23 heavy (non-hydrogen) atoms. The van der Waals surface area contributed by atoms with Gasteiger partial charge in [0.15, 0.2) is 0 Å². The van der Waals surface area contributed by atoms with Crippen molar-refractivity contribution in [3.8, 4) is 0 Å². The summed E-state index contributed by atoms with van der Waals surface area (Å²) in [6, 6.07) is 9.78. The topological polar surface area (TPSA) is 24.8 Å². The summed E-state index contributed by atoms with van der Waals surface area (Å²) in [5, 5.41) is 0. The van der Waals surface area contributed by atoms with Crippen LogP contribution < -0.4 is 4.90 Å². The maximum atomic E-state index is 12.9. The number of likely N-dealkylation sites (tertiary alicyclic amines) is 1. The highest BCUT2D eigenvalue weighted by Crippen LogP contribution is 2.20. The molecule has 0 aromatic heterocycles. The maximum Gasteiger partial charge on any atom is 0.254 e. The number of carbonyl (C=O) groups excluding carboxylic acids is 1. The third kappa shape index (κ3) is 4.68. The molecule has 0 unspecified atom stereocenters. The first-order valence-electron chi connectivity index (χ1n) is 9.16. The highest BCUT2D eigenvalue weighted by molar-refractivity contribution is 5.94. The van der Waals surface area contributed by atoms with E-state index < -0.39 is 0 Å². The van der Waals surface area contributed by atoms with Gasteiger partial charge in [-0.05, 0) is 37.3 Å². The highest BCUT2D eigenvalue weighted by atomic mass is 16.2. The van der Waals surface area contributed by atoms with E-state index in [1.54, 1.807) is 4.90 Å². The molecule has 1 aromatic rings. The van der Waals surface area contributed by atoms with Crippen LogP contribution in [-0.2, 0) is 0 Å².